The summed E-state index contributed by atoms with van der Waals surface area (Å²) in [5.74, 6) is 0.817. The number of hydrogen-bond donors (Lipinski definition) is 0. The molecule has 2 nitrogen and oxygen atoms in total. The maximum Gasteiger partial charge on any atom is 0.135 e. The zero-order valence-corrected chi connectivity index (χ0v) is 6.03. The van der Waals surface area contributed by atoms with Crippen molar-refractivity contribution in [3.8, 4) is 0 Å². The highest BCUT2D eigenvalue weighted by Gasteiger charge is 1.84. The Labute approximate surface area is 54.2 Å². The van der Waals surface area contributed by atoms with E-state index in [0.717, 1.165) is 12.3 Å². The van der Waals surface area contributed by atoms with Crippen LogP contribution in [0.25, 0.3) is 0 Å². The van der Waals surface area contributed by atoms with Gasteiger partial charge in [0.05, 0.1) is 0 Å². The molecule has 0 saturated heterocycles. The van der Waals surface area contributed by atoms with E-state index >= 15 is 0 Å². The van der Waals surface area contributed by atoms with E-state index < -0.39 is 0 Å². The Hall–Kier alpha value is -0.310. The number of aliphatic imine (C=N–C) groups is 1. The molecule has 8 heavy (non-hydrogen) atoms. The maximum atomic E-state index is 3.97. The first kappa shape index (κ1) is 7.69. The summed E-state index contributed by atoms with van der Waals surface area (Å²) in [6.45, 7) is 5.36. The summed E-state index contributed by atoms with van der Waals surface area (Å²) in [4.78, 5) is 3.68. The third kappa shape index (κ3) is 2.80. The summed E-state index contributed by atoms with van der Waals surface area (Å²) in [7, 11) is 0. The van der Waals surface area contributed by atoms with Crippen molar-refractivity contribution >= 4 is 24.5 Å². The Bertz CT molecular complexity index is 98.6. The predicted molar refractivity (Wildman–Crippen MR) is 40.8 cm³/mol. The van der Waals surface area contributed by atoms with Gasteiger partial charge in [-0.2, -0.15) is 0 Å². The minimum absolute atomic E-state index is 0.817. The Morgan fingerprint density at radius 2 is 2.38 bits per heavy atom. The fourth-order valence-corrected chi connectivity index (χ4v) is 0.708. The van der Waals surface area contributed by atoms with Crippen LogP contribution < -0.4 is 0 Å². The quantitative estimate of drug-likeness (QED) is 0.317. The second-order valence-electron chi connectivity index (χ2n) is 1.20. The van der Waals surface area contributed by atoms with Gasteiger partial charge in [0.2, 0.25) is 0 Å². The molecule has 0 rings (SSSR count). The molecule has 0 aliphatic rings. The average Bonchev–Trinajstić information content (AvgIpc) is 1.83. The molecule has 0 saturated carbocycles. The predicted octanol–water partition coefficient (Wildman–Crippen LogP) is 1.77. The van der Waals surface area contributed by atoms with Gasteiger partial charge in [0.1, 0.15) is 5.84 Å². The highest BCUT2D eigenvalue weighted by atomic mass is 32.2. The average molecular weight is 130 g/mol. The summed E-state index contributed by atoms with van der Waals surface area (Å²) < 4.78 is 3.97. The van der Waals surface area contributed by atoms with Crippen LogP contribution in [0.2, 0.25) is 0 Å². The molecular weight excluding hydrogens is 120 g/mol. The van der Waals surface area contributed by atoms with E-state index in [1.165, 1.54) is 11.9 Å². The SMILES string of the molecule is C=N/C(CC)=N\SC. The third-order valence-corrected chi connectivity index (χ3v) is 1.09. The van der Waals surface area contributed by atoms with Gasteiger partial charge in [-0.15, -0.1) is 0 Å². The lowest BCUT2D eigenvalue weighted by molar-refractivity contribution is 1.26. The lowest BCUT2D eigenvalue weighted by Crippen LogP contribution is -1.85. The summed E-state index contributed by atoms with van der Waals surface area (Å²) in [5, 5.41) is 0. The van der Waals surface area contributed by atoms with Crippen molar-refractivity contribution in [2.24, 2.45) is 9.39 Å². The molecule has 0 aromatic heterocycles. The molecule has 0 spiro atoms. The first-order chi connectivity index (χ1) is 3.85. The number of rotatable bonds is 2. The third-order valence-electron chi connectivity index (χ3n) is 0.695. The molecule has 0 fully saturated rings. The molecule has 0 heterocycles. The summed E-state index contributed by atoms with van der Waals surface area (Å²) in [6, 6.07) is 0. The fourth-order valence-electron chi connectivity index (χ4n) is 0.311. The van der Waals surface area contributed by atoms with E-state index in [0.29, 0.717) is 0 Å². The van der Waals surface area contributed by atoms with E-state index in [9.17, 15) is 0 Å². The van der Waals surface area contributed by atoms with Crippen LogP contribution in [0.4, 0.5) is 0 Å². The zero-order valence-electron chi connectivity index (χ0n) is 5.22. The zero-order chi connectivity index (χ0) is 6.41. The van der Waals surface area contributed by atoms with Gasteiger partial charge < -0.3 is 0 Å². The van der Waals surface area contributed by atoms with E-state index in [4.69, 9.17) is 0 Å². The second kappa shape index (κ2) is 4.84. The molecule has 0 aliphatic heterocycles. The van der Waals surface area contributed by atoms with Crippen LogP contribution in [0.1, 0.15) is 13.3 Å². The van der Waals surface area contributed by atoms with Gasteiger partial charge >= 0.3 is 0 Å². The lowest BCUT2D eigenvalue weighted by Gasteiger charge is -1.88. The standard InChI is InChI=1S/C5H10N2S/c1-4-5(6-2)7-8-3/h2,4H2,1,3H3/b7-5-. The largest absolute Gasteiger partial charge is 0.249 e. The van der Waals surface area contributed by atoms with Crippen LogP contribution >= 0.6 is 11.9 Å². The van der Waals surface area contributed by atoms with Crippen molar-refractivity contribution in [3.05, 3.63) is 0 Å². The van der Waals surface area contributed by atoms with Crippen molar-refractivity contribution in [2.45, 2.75) is 13.3 Å². The molecule has 46 valence electrons. The molecule has 0 aliphatic carbocycles. The minimum Gasteiger partial charge on any atom is -0.249 e. The highest BCUT2D eigenvalue weighted by Crippen LogP contribution is 1.97. The monoisotopic (exact) mass is 130 g/mol. The van der Waals surface area contributed by atoms with Crippen molar-refractivity contribution in [3.63, 3.8) is 0 Å². The number of amidine groups is 1. The Balaban J connectivity index is 3.66. The molecule has 0 aromatic carbocycles. The van der Waals surface area contributed by atoms with E-state index in [1.807, 2.05) is 13.2 Å². The van der Waals surface area contributed by atoms with Crippen LogP contribution in [0.5, 0.6) is 0 Å². The second-order valence-corrected chi connectivity index (χ2v) is 1.75. The normalized spacial score (nSPS) is 11.5. The van der Waals surface area contributed by atoms with E-state index in [1.54, 1.807) is 0 Å². The summed E-state index contributed by atoms with van der Waals surface area (Å²) in [5.41, 5.74) is 0. The molecule has 0 amide bonds. The smallest absolute Gasteiger partial charge is 0.135 e. The first-order valence-corrected chi connectivity index (χ1v) is 3.60. The molecule has 0 unspecified atom stereocenters. The Kier molecular flexibility index (Phi) is 4.65. The van der Waals surface area contributed by atoms with Gasteiger partial charge in [-0.3, -0.25) is 0 Å². The van der Waals surface area contributed by atoms with Gasteiger partial charge in [-0.25, -0.2) is 9.39 Å². The van der Waals surface area contributed by atoms with Crippen molar-refractivity contribution < 1.29 is 0 Å². The van der Waals surface area contributed by atoms with Crippen molar-refractivity contribution in [1.82, 2.24) is 0 Å². The van der Waals surface area contributed by atoms with Crippen LogP contribution in [0.15, 0.2) is 9.39 Å². The maximum absolute atomic E-state index is 3.97. The van der Waals surface area contributed by atoms with Gasteiger partial charge in [0, 0.05) is 12.7 Å². The van der Waals surface area contributed by atoms with Gasteiger partial charge in [0.25, 0.3) is 0 Å². The van der Waals surface area contributed by atoms with Gasteiger partial charge in [-0.1, -0.05) is 6.92 Å². The van der Waals surface area contributed by atoms with E-state index in [-0.39, 0.29) is 0 Å². The van der Waals surface area contributed by atoms with Gasteiger partial charge in [-0.05, 0) is 18.7 Å². The Morgan fingerprint density at radius 1 is 1.75 bits per heavy atom. The van der Waals surface area contributed by atoms with Crippen LogP contribution in [-0.4, -0.2) is 18.8 Å². The van der Waals surface area contributed by atoms with Gasteiger partial charge in [0.15, 0.2) is 0 Å². The van der Waals surface area contributed by atoms with Crippen LogP contribution in [0.3, 0.4) is 0 Å². The lowest BCUT2D eigenvalue weighted by atomic mass is 10.5. The van der Waals surface area contributed by atoms with Crippen molar-refractivity contribution in [1.29, 1.82) is 0 Å². The molecule has 0 atom stereocenters. The number of nitrogens with zero attached hydrogens (tertiary/aromatic N) is 2. The summed E-state index contributed by atoms with van der Waals surface area (Å²) in [6.07, 6.45) is 2.77. The summed E-state index contributed by atoms with van der Waals surface area (Å²) >= 11 is 1.41. The molecular formula is C5H10N2S. The van der Waals surface area contributed by atoms with E-state index in [2.05, 4.69) is 16.1 Å². The highest BCUT2D eigenvalue weighted by molar-refractivity contribution is 7.97. The topological polar surface area (TPSA) is 24.7 Å². The molecule has 0 radical (unpaired) electrons. The van der Waals surface area contributed by atoms with Crippen LogP contribution in [0, 0.1) is 0 Å². The first-order valence-electron chi connectivity index (χ1n) is 2.41. The Morgan fingerprint density at radius 3 is 2.50 bits per heavy atom. The molecule has 3 heteroatoms. The molecule has 0 bridgehead atoms. The van der Waals surface area contributed by atoms with Crippen LogP contribution in [-0.2, 0) is 0 Å². The molecule has 0 N–H and O–H groups in total. The minimum atomic E-state index is 0.817. The fraction of sp³-hybridized carbons (Fsp3) is 0.600. The van der Waals surface area contributed by atoms with Crippen molar-refractivity contribution in [2.75, 3.05) is 6.26 Å². The molecule has 0 aromatic rings. The number of hydrogen-bond acceptors (Lipinski definition) is 2.